The zero-order valence-corrected chi connectivity index (χ0v) is 31.6. The summed E-state index contributed by atoms with van der Waals surface area (Å²) in [5.74, 6) is 6.58. The van der Waals surface area contributed by atoms with Crippen molar-refractivity contribution < 1.29 is 13.2 Å². The smallest absolute Gasteiger partial charge is 0.199 e. The molecular formula is C43H40FN11O2. The molecule has 14 heteroatoms. The van der Waals surface area contributed by atoms with Gasteiger partial charge in [0.25, 0.3) is 0 Å². The molecule has 1 aromatic carbocycles. The summed E-state index contributed by atoms with van der Waals surface area (Å²) in [5.41, 5.74) is 5.19. The Labute approximate surface area is 328 Å². The summed E-state index contributed by atoms with van der Waals surface area (Å²) in [6, 6.07) is 16.3. The van der Waals surface area contributed by atoms with Gasteiger partial charge in [-0.1, -0.05) is 18.6 Å². The van der Waals surface area contributed by atoms with Crippen molar-refractivity contribution in [2.75, 3.05) is 22.9 Å². The molecule has 13 nitrogen and oxygen atoms in total. The number of imidazole rings is 2. The highest BCUT2D eigenvalue weighted by molar-refractivity contribution is 5.73. The molecule has 2 atom stereocenters. The lowest BCUT2D eigenvalue weighted by Gasteiger charge is -2.32. The lowest BCUT2D eigenvalue weighted by molar-refractivity contribution is 0.395. The molecule has 1 aliphatic carbocycles. The van der Waals surface area contributed by atoms with Crippen molar-refractivity contribution >= 4 is 11.6 Å². The van der Waals surface area contributed by atoms with Crippen LogP contribution >= 0.6 is 0 Å². The highest BCUT2D eigenvalue weighted by Gasteiger charge is 2.35. The quantitative estimate of drug-likeness (QED) is 0.147. The van der Waals surface area contributed by atoms with Crippen LogP contribution < -0.4 is 9.80 Å². The van der Waals surface area contributed by atoms with Crippen LogP contribution in [0.4, 0.5) is 16.0 Å². The van der Waals surface area contributed by atoms with Gasteiger partial charge in [0.2, 0.25) is 0 Å². The van der Waals surface area contributed by atoms with Crippen LogP contribution in [-0.4, -0.2) is 52.1 Å². The summed E-state index contributed by atoms with van der Waals surface area (Å²) in [6.45, 7) is 6.34. The average Bonchev–Trinajstić information content (AvgIpc) is 4.10. The molecular weight excluding hydrogens is 722 g/mol. The normalized spacial score (nSPS) is 17.8. The molecule has 6 aromatic heterocycles. The fourth-order valence-electron chi connectivity index (χ4n) is 8.75. The van der Waals surface area contributed by atoms with Gasteiger partial charge in [-0.15, -0.1) is 0 Å². The Morgan fingerprint density at radius 3 is 2.33 bits per heavy atom. The van der Waals surface area contributed by atoms with E-state index in [4.69, 9.17) is 28.8 Å². The number of benzene rings is 1. The Bertz CT molecular complexity index is 2620. The first kappa shape index (κ1) is 34.8. The van der Waals surface area contributed by atoms with Crippen LogP contribution in [0.2, 0.25) is 0 Å². The Kier molecular flexibility index (Phi) is 8.84. The lowest BCUT2D eigenvalue weighted by atomic mass is 9.90. The van der Waals surface area contributed by atoms with Crippen molar-refractivity contribution in [3.8, 4) is 28.7 Å². The number of anilines is 2. The van der Waals surface area contributed by atoms with E-state index in [2.05, 4.69) is 41.2 Å². The van der Waals surface area contributed by atoms with Gasteiger partial charge in [0, 0.05) is 74.9 Å². The summed E-state index contributed by atoms with van der Waals surface area (Å²) in [7, 11) is 0. The fraction of sp³-hybridized carbons (Fsp3) is 0.326. The predicted molar refractivity (Wildman–Crippen MR) is 208 cm³/mol. The summed E-state index contributed by atoms with van der Waals surface area (Å²) in [5, 5.41) is 9.65. The van der Waals surface area contributed by atoms with Gasteiger partial charge in [0.1, 0.15) is 40.9 Å². The van der Waals surface area contributed by atoms with Gasteiger partial charge in [-0.05, 0) is 67.6 Å². The van der Waals surface area contributed by atoms with Crippen LogP contribution in [0.5, 0.6) is 0 Å². The molecule has 10 rings (SSSR count). The number of nitrogens with zero attached hydrogens (tertiary/aromatic N) is 11. The van der Waals surface area contributed by atoms with E-state index >= 15 is 0 Å². The number of hydrogen-bond acceptors (Lipinski definition) is 11. The van der Waals surface area contributed by atoms with E-state index in [0.29, 0.717) is 66.2 Å². The Balaban J connectivity index is 0.852. The first-order valence-electron chi connectivity index (χ1n) is 19.5. The lowest BCUT2D eigenvalue weighted by Crippen LogP contribution is -2.35. The van der Waals surface area contributed by atoms with E-state index in [0.717, 1.165) is 91.7 Å². The molecule has 0 N–H and O–H groups in total. The van der Waals surface area contributed by atoms with Crippen molar-refractivity contribution in [1.29, 1.82) is 5.26 Å². The zero-order valence-electron chi connectivity index (χ0n) is 31.6. The molecule has 2 aliphatic heterocycles. The third-order valence-corrected chi connectivity index (χ3v) is 11.6. The van der Waals surface area contributed by atoms with Crippen LogP contribution in [0.15, 0.2) is 88.3 Å². The van der Waals surface area contributed by atoms with Gasteiger partial charge < -0.3 is 27.8 Å². The highest BCUT2D eigenvalue weighted by Crippen LogP contribution is 2.43. The first-order chi connectivity index (χ1) is 28.0. The minimum atomic E-state index is -0.267. The Morgan fingerprint density at radius 1 is 0.772 bits per heavy atom. The minimum absolute atomic E-state index is 0.267. The van der Waals surface area contributed by atoms with Crippen molar-refractivity contribution in [3.05, 3.63) is 131 Å². The summed E-state index contributed by atoms with van der Waals surface area (Å²) < 4.78 is 30.7. The van der Waals surface area contributed by atoms with Crippen LogP contribution in [0.25, 0.3) is 22.6 Å². The van der Waals surface area contributed by atoms with Gasteiger partial charge in [-0.25, -0.2) is 34.3 Å². The number of aryl methyl sites for hydroxylation is 1. The molecule has 57 heavy (non-hydrogen) atoms. The van der Waals surface area contributed by atoms with Crippen molar-refractivity contribution in [2.45, 2.75) is 71.1 Å². The maximum Gasteiger partial charge on any atom is 0.199 e. The monoisotopic (exact) mass is 761 g/mol. The molecule has 3 aliphatic rings. The van der Waals surface area contributed by atoms with Gasteiger partial charge >= 0.3 is 0 Å². The maximum atomic E-state index is 13.4. The largest absolute Gasteiger partial charge is 0.441 e. The second-order valence-electron chi connectivity index (χ2n) is 15.2. The molecule has 286 valence electrons. The Hall–Kier alpha value is -6.62. The molecule has 8 heterocycles. The molecule has 7 aromatic rings. The van der Waals surface area contributed by atoms with Crippen LogP contribution in [-0.2, 0) is 39.0 Å². The molecule has 0 amide bonds. The molecule has 0 radical (unpaired) electrons. The number of rotatable bonds is 9. The van der Waals surface area contributed by atoms with E-state index in [1.54, 1.807) is 30.6 Å². The van der Waals surface area contributed by atoms with Crippen molar-refractivity contribution in [3.63, 3.8) is 0 Å². The summed E-state index contributed by atoms with van der Waals surface area (Å²) in [6.07, 6.45) is 14.0. The van der Waals surface area contributed by atoms with E-state index < -0.39 is 0 Å². The van der Waals surface area contributed by atoms with Crippen LogP contribution in [0.1, 0.15) is 71.3 Å². The van der Waals surface area contributed by atoms with Crippen LogP contribution in [0.3, 0.4) is 0 Å². The topological polar surface area (TPSA) is 144 Å². The van der Waals surface area contributed by atoms with Crippen LogP contribution in [0, 0.1) is 30.0 Å². The molecule has 0 saturated heterocycles. The highest BCUT2D eigenvalue weighted by atomic mass is 19.1. The molecule has 1 saturated carbocycles. The number of pyridine rings is 2. The summed E-state index contributed by atoms with van der Waals surface area (Å²) in [4.78, 5) is 32.9. The predicted octanol–water partition coefficient (Wildman–Crippen LogP) is 7.26. The third-order valence-electron chi connectivity index (χ3n) is 11.6. The first-order valence-corrected chi connectivity index (χ1v) is 19.5. The van der Waals surface area contributed by atoms with E-state index in [-0.39, 0.29) is 5.82 Å². The van der Waals surface area contributed by atoms with E-state index in [1.165, 1.54) is 17.8 Å². The SMILES string of the molecule is Cc1ccc(-c2cnc(Cc3ccc(F)cc3)o2)c(N2CCn3c(C4CCCC4Cc4ncc(-c5ccc(C#N)nc5N5CCn6ccnc6C5)o4)cnc3C2)n1. The van der Waals surface area contributed by atoms with E-state index in [9.17, 15) is 9.65 Å². The summed E-state index contributed by atoms with van der Waals surface area (Å²) >= 11 is 0. The molecule has 0 bridgehead atoms. The third kappa shape index (κ3) is 6.73. The minimum Gasteiger partial charge on any atom is -0.441 e. The maximum absolute atomic E-state index is 13.4. The van der Waals surface area contributed by atoms with Gasteiger partial charge in [0.05, 0.1) is 36.6 Å². The van der Waals surface area contributed by atoms with Crippen molar-refractivity contribution in [2.24, 2.45) is 5.92 Å². The molecule has 1 fully saturated rings. The Morgan fingerprint density at radius 2 is 1.51 bits per heavy atom. The van der Waals surface area contributed by atoms with Gasteiger partial charge in [-0.3, -0.25) is 0 Å². The standard InChI is InChI=1S/C43H40FN11O2/c1-27-5-11-33(36-23-48-40(56-36)19-28-6-8-30(44)9-7-28)42(50-27)54-17-18-55-35(22-47-39(55)26-54)32-4-2-3-29(32)20-41-49-24-37(57-41)34-12-10-31(21-45)51-43(34)53-16-15-52-14-13-46-38(52)25-53/h5-14,22-24,29,32H,2-4,15-20,25-26H2,1H3. The number of halogens is 1. The zero-order chi connectivity index (χ0) is 38.5. The number of hydrogen-bond donors (Lipinski definition) is 0. The van der Waals surface area contributed by atoms with Gasteiger partial charge in [0.15, 0.2) is 23.3 Å². The number of nitriles is 1. The second kappa shape index (κ2) is 14.5. The fourth-order valence-corrected chi connectivity index (χ4v) is 8.75. The number of fused-ring (bicyclic) bond motifs is 2. The number of oxazole rings is 2. The van der Waals surface area contributed by atoms with E-state index in [1.807, 2.05) is 37.5 Å². The average molecular weight is 762 g/mol. The second-order valence-corrected chi connectivity index (χ2v) is 15.2. The van der Waals surface area contributed by atoms with Gasteiger partial charge in [-0.2, -0.15) is 5.26 Å². The molecule has 0 spiro atoms. The number of aromatic nitrogens is 8. The molecule has 2 unspecified atom stereocenters. The van der Waals surface area contributed by atoms with Crippen molar-refractivity contribution in [1.82, 2.24) is 39.0 Å².